The molecular formula is C33H52N4O5. The molecule has 2 unspecified atom stereocenters. The summed E-state index contributed by atoms with van der Waals surface area (Å²) >= 11 is 0. The number of nitrogens with one attached hydrogen (secondary N) is 2. The minimum atomic E-state index is -1.12. The van der Waals surface area contributed by atoms with Crippen molar-refractivity contribution in [1.82, 2.24) is 15.5 Å². The van der Waals surface area contributed by atoms with Crippen LogP contribution in [0.2, 0.25) is 0 Å². The number of carbonyl (C=O) groups is 4. The molecule has 0 spiro atoms. The first-order chi connectivity index (χ1) is 19.9. The van der Waals surface area contributed by atoms with E-state index in [-0.39, 0.29) is 25.3 Å². The van der Waals surface area contributed by atoms with E-state index in [0.29, 0.717) is 24.1 Å². The fourth-order valence-electron chi connectivity index (χ4n) is 4.54. The van der Waals surface area contributed by atoms with Gasteiger partial charge in [-0.05, 0) is 57.7 Å². The number of ether oxygens (including phenoxy) is 1. The molecule has 2 atom stereocenters. The Bertz CT molecular complexity index is 1030. The number of hydrogen-bond acceptors (Lipinski definition) is 5. The average molecular weight is 585 g/mol. The van der Waals surface area contributed by atoms with Crippen molar-refractivity contribution in [2.45, 2.75) is 123 Å². The number of alkyl carbamates (subject to hydrolysis) is 1. The monoisotopic (exact) mass is 584 g/mol. The highest BCUT2D eigenvalue weighted by Crippen LogP contribution is 2.25. The highest BCUT2D eigenvalue weighted by molar-refractivity contribution is 5.92. The van der Waals surface area contributed by atoms with Gasteiger partial charge in [-0.2, -0.15) is 0 Å². The van der Waals surface area contributed by atoms with Crippen LogP contribution in [-0.4, -0.2) is 53.4 Å². The van der Waals surface area contributed by atoms with Gasteiger partial charge in [-0.3, -0.25) is 14.4 Å². The molecule has 42 heavy (non-hydrogen) atoms. The number of hydrogen-bond donors (Lipinski definition) is 3. The van der Waals surface area contributed by atoms with Gasteiger partial charge in [-0.1, -0.05) is 76.8 Å². The summed E-state index contributed by atoms with van der Waals surface area (Å²) < 4.78 is 5.40. The van der Waals surface area contributed by atoms with Gasteiger partial charge in [-0.25, -0.2) is 4.79 Å². The minimum Gasteiger partial charge on any atom is -0.444 e. The third-order valence-electron chi connectivity index (χ3n) is 6.74. The van der Waals surface area contributed by atoms with E-state index >= 15 is 0 Å². The zero-order valence-electron chi connectivity index (χ0n) is 26.3. The molecule has 234 valence electrons. The molecule has 9 nitrogen and oxygen atoms in total. The molecule has 1 aromatic rings. The SMILES string of the molecule is C#Cc1ccc(C(C(=O)NCCCCC)N(CCCCCCCC)C(=O)C(CCC(N)=O)NC(=O)OC(C)(C)C)cc1. The van der Waals surface area contributed by atoms with Crippen LogP contribution in [-0.2, 0) is 19.1 Å². The molecule has 0 bridgehead atoms. The quantitative estimate of drug-likeness (QED) is 0.149. The van der Waals surface area contributed by atoms with Crippen LogP contribution in [0.25, 0.3) is 0 Å². The first kappa shape index (κ1) is 36.5. The fraction of sp³-hybridized carbons (Fsp3) is 0.636. The Labute approximate surface area is 252 Å². The first-order valence-corrected chi connectivity index (χ1v) is 15.4. The molecule has 9 heteroatoms. The summed E-state index contributed by atoms with van der Waals surface area (Å²) in [5.74, 6) is 1.18. The lowest BCUT2D eigenvalue weighted by molar-refractivity contribution is -0.142. The van der Waals surface area contributed by atoms with Gasteiger partial charge in [0.25, 0.3) is 0 Å². The van der Waals surface area contributed by atoms with E-state index < -0.39 is 35.6 Å². The predicted molar refractivity (Wildman–Crippen MR) is 166 cm³/mol. The van der Waals surface area contributed by atoms with Crippen LogP contribution >= 0.6 is 0 Å². The van der Waals surface area contributed by atoms with Crippen molar-refractivity contribution >= 4 is 23.8 Å². The lowest BCUT2D eigenvalue weighted by Crippen LogP contribution is -2.53. The Hall–Kier alpha value is -3.54. The summed E-state index contributed by atoms with van der Waals surface area (Å²) in [7, 11) is 0. The third-order valence-corrected chi connectivity index (χ3v) is 6.74. The predicted octanol–water partition coefficient (Wildman–Crippen LogP) is 5.36. The number of terminal acetylenes is 1. The molecule has 1 rings (SSSR count). The van der Waals surface area contributed by atoms with Crippen molar-refractivity contribution in [3.63, 3.8) is 0 Å². The van der Waals surface area contributed by atoms with Gasteiger partial charge in [0.2, 0.25) is 17.7 Å². The van der Waals surface area contributed by atoms with E-state index in [4.69, 9.17) is 16.9 Å². The van der Waals surface area contributed by atoms with Gasteiger partial charge in [-0.15, -0.1) is 6.42 Å². The fourth-order valence-corrected chi connectivity index (χ4v) is 4.54. The minimum absolute atomic E-state index is 0.0265. The number of unbranched alkanes of at least 4 members (excludes halogenated alkanes) is 7. The molecule has 4 amide bonds. The summed E-state index contributed by atoms with van der Waals surface area (Å²) in [5.41, 5.74) is 5.87. The highest BCUT2D eigenvalue weighted by Gasteiger charge is 2.36. The molecule has 0 aromatic heterocycles. The first-order valence-electron chi connectivity index (χ1n) is 15.4. The van der Waals surface area contributed by atoms with Crippen LogP contribution in [0.3, 0.4) is 0 Å². The highest BCUT2D eigenvalue weighted by atomic mass is 16.6. The largest absolute Gasteiger partial charge is 0.444 e. The summed E-state index contributed by atoms with van der Waals surface area (Å²) in [4.78, 5) is 53.9. The van der Waals surface area contributed by atoms with Gasteiger partial charge >= 0.3 is 6.09 Å². The van der Waals surface area contributed by atoms with Crippen molar-refractivity contribution in [2.75, 3.05) is 13.1 Å². The second-order valence-corrected chi connectivity index (χ2v) is 11.7. The summed E-state index contributed by atoms with van der Waals surface area (Å²) in [6, 6.07) is 4.91. The van der Waals surface area contributed by atoms with E-state index in [2.05, 4.69) is 30.4 Å². The van der Waals surface area contributed by atoms with E-state index in [9.17, 15) is 19.2 Å². The number of nitrogens with two attached hydrogens (primary N) is 1. The van der Waals surface area contributed by atoms with Gasteiger partial charge in [0.15, 0.2) is 0 Å². The Balaban J connectivity index is 3.46. The Kier molecular flexibility index (Phi) is 17.0. The van der Waals surface area contributed by atoms with Crippen LogP contribution in [0.5, 0.6) is 0 Å². The van der Waals surface area contributed by atoms with E-state index in [0.717, 1.165) is 51.4 Å². The zero-order chi connectivity index (χ0) is 31.5. The number of nitrogens with zero attached hydrogens (tertiary/aromatic N) is 1. The average Bonchev–Trinajstić information content (AvgIpc) is 2.93. The molecule has 0 aliphatic carbocycles. The zero-order valence-corrected chi connectivity index (χ0v) is 26.3. The van der Waals surface area contributed by atoms with Crippen LogP contribution in [0.15, 0.2) is 24.3 Å². The van der Waals surface area contributed by atoms with Crippen LogP contribution in [0.4, 0.5) is 4.79 Å². The molecule has 0 heterocycles. The summed E-state index contributed by atoms with van der Waals surface area (Å²) in [6.45, 7) is 10.2. The molecule has 1 aromatic carbocycles. The van der Waals surface area contributed by atoms with Crippen molar-refractivity contribution in [3.05, 3.63) is 35.4 Å². The Morgan fingerprint density at radius 2 is 1.55 bits per heavy atom. The van der Waals surface area contributed by atoms with Crippen molar-refractivity contribution in [3.8, 4) is 12.3 Å². The van der Waals surface area contributed by atoms with E-state index in [1.54, 1.807) is 45.0 Å². The molecule has 0 aliphatic rings. The van der Waals surface area contributed by atoms with Crippen molar-refractivity contribution < 1.29 is 23.9 Å². The van der Waals surface area contributed by atoms with Crippen LogP contribution in [0.1, 0.15) is 122 Å². The number of primary amides is 1. The smallest absolute Gasteiger partial charge is 0.408 e. The molecular weight excluding hydrogens is 532 g/mol. The maximum Gasteiger partial charge on any atom is 0.408 e. The number of amides is 4. The molecule has 0 saturated carbocycles. The van der Waals surface area contributed by atoms with Crippen LogP contribution in [0, 0.1) is 12.3 Å². The van der Waals surface area contributed by atoms with Gasteiger partial charge < -0.3 is 26.0 Å². The second-order valence-electron chi connectivity index (χ2n) is 11.7. The van der Waals surface area contributed by atoms with E-state index in [1.165, 1.54) is 4.90 Å². The molecule has 0 aliphatic heterocycles. The third kappa shape index (κ3) is 14.4. The Morgan fingerprint density at radius 3 is 2.12 bits per heavy atom. The standard InChI is InChI=1S/C33H52N4O5/c1-7-10-12-13-14-16-24-37(31(40)27(21-22-28(34)38)36-32(41)42-33(4,5)6)29(30(39)35-23-15-11-8-2)26-19-17-25(9-3)18-20-26/h3,17-20,27,29H,7-8,10-16,21-24H2,1-2,4-6H3,(H2,34,38)(H,35,39)(H,36,41). The maximum atomic E-state index is 14.2. The maximum absolute atomic E-state index is 14.2. The van der Waals surface area contributed by atoms with Gasteiger partial charge in [0.1, 0.15) is 17.7 Å². The molecule has 0 fully saturated rings. The van der Waals surface area contributed by atoms with Gasteiger partial charge in [0.05, 0.1) is 0 Å². The van der Waals surface area contributed by atoms with Gasteiger partial charge in [0, 0.05) is 25.1 Å². The molecule has 4 N–H and O–H groups in total. The topological polar surface area (TPSA) is 131 Å². The van der Waals surface area contributed by atoms with E-state index in [1.807, 2.05) is 0 Å². The number of benzene rings is 1. The molecule has 0 saturated heterocycles. The van der Waals surface area contributed by atoms with Crippen molar-refractivity contribution in [2.24, 2.45) is 5.73 Å². The summed E-state index contributed by atoms with van der Waals surface area (Å²) in [6.07, 6.45) is 13.3. The summed E-state index contributed by atoms with van der Waals surface area (Å²) in [5, 5.41) is 5.63. The Morgan fingerprint density at radius 1 is 0.952 bits per heavy atom. The van der Waals surface area contributed by atoms with Crippen molar-refractivity contribution in [1.29, 1.82) is 0 Å². The number of rotatable bonds is 19. The van der Waals surface area contributed by atoms with Crippen LogP contribution < -0.4 is 16.4 Å². The normalized spacial score (nSPS) is 12.5. The number of carbonyl (C=O) groups excluding carboxylic acids is 4. The lowest BCUT2D eigenvalue weighted by Gasteiger charge is -2.34. The second kappa shape index (κ2) is 19.6. The lowest BCUT2D eigenvalue weighted by atomic mass is 9.99. The molecule has 0 radical (unpaired) electrons.